The maximum atomic E-state index is 13.0. The van der Waals surface area contributed by atoms with E-state index in [2.05, 4.69) is 0 Å². The lowest BCUT2D eigenvalue weighted by Crippen LogP contribution is -2.08. The van der Waals surface area contributed by atoms with Crippen LogP contribution in [-0.2, 0) is 23.8 Å². The maximum Gasteiger partial charge on any atom is 0.416 e. The molecule has 2 aromatic carbocycles. The third-order valence-corrected chi connectivity index (χ3v) is 3.36. The molecule has 0 heterocycles. The first kappa shape index (κ1) is 16.5. The Bertz CT molecular complexity index is 678. The van der Waals surface area contributed by atoms with E-state index in [1.165, 1.54) is 30.3 Å². The smallest absolute Gasteiger partial charge is 0.299 e. The first-order valence-corrected chi connectivity index (χ1v) is 6.75. The van der Waals surface area contributed by atoms with Gasteiger partial charge in [-0.1, -0.05) is 29.8 Å². The summed E-state index contributed by atoms with van der Waals surface area (Å²) in [7, 11) is 0. The molecule has 6 heteroatoms. The molecule has 0 amide bonds. The van der Waals surface area contributed by atoms with Crippen molar-refractivity contribution in [3.8, 4) is 0 Å². The van der Waals surface area contributed by atoms with Crippen LogP contribution in [0.25, 0.3) is 0 Å². The molecule has 0 spiro atoms. The van der Waals surface area contributed by atoms with Gasteiger partial charge in [-0.05, 0) is 35.4 Å². The minimum atomic E-state index is -4.40. The van der Waals surface area contributed by atoms with E-state index in [-0.39, 0.29) is 23.6 Å². The first-order valence-electron chi connectivity index (χ1n) is 6.37. The Morgan fingerprint density at radius 1 is 0.955 bits per heavy atom. The summed E-state index contributed by atoms with van der Waals surface area (Å²) in [4.78, 5) is 11.9. The molecule has 0 aliphatic rings. The summed E-state index contributed by atoms with van der Waals surface area (Å²) in [5.41, 5.74) is 0.295. The van der Waals surface area contributed by atoms with E-state index in [9.17, 15) is 22.4 Å². The lowest BCUT2D eigenvalue weighted by molar-refractivity contribution is -0.137. The fraction of sp³-hybridized carbons (Fsp3) is 0.188. The van der Waals surface area contributed by atoms with Gasteiger partial charge in [-0.2, -0.15) is 13.2 Å². The van der Waals surface area contributed by atoms with Crippen LogP contribution in [0.15, 0.2) is 42.5 Å². The number of hydrogen-bond acceptors (Lipinski definition) is 1. The van der Waals surface area contributed by atoms with Gasteiger partial charge in [-0.15, -0.1) is 0 Å². The molecule has 0 atom stereocenters. The highest BCUT2D eigenvalue weighted by atomic mass is 35.5. The predicted octanol–water partition coefficient (Wildman–Crippen LogP) is 4.85. The molecule has 0 fully saturated rings. The normalized spacial score (nSPS) is 11.5. The van der Waals surface area contributed by atoms with Crippen LogP contribution in [0.3, 0.4) is 0 Å². The summed E-state index contributed by atoms with van der Waals surface area (Å²) in [6, 6.07) is 8.42. The molecule has 0 saturated heterocycles. The Balaban J connectivity index is 2.01. The molecule has 0 aromatic heterocycles. The van der Waals surface area contributed by atoms with Crippen molar-refractivity contribution in [2.24, 2.45) is 0 Å². The van der Waals surface area contributed by atoms with Crippen LogP contribution in [0.1, 0.15) is 16.7 Å². The number of carbonyl (C=O) groups excluding carboxylic acids is 1. The van der Waals surface area contributed by atoms with Gasteiger partial charge < -0.3 is 0 Å². The number of ketones is 1. The van der Waals surface area contributed by atoms with Gasteiger partial charge in [0.05, 0.1) is 10.6 Å². The van der Waals surface area contributed by atoms with E-state index >= 15 is 0 Å². The molecule has 22 heavy (non-hydrogen) atoms. The lowest BCUT2D eigenvalue weighted by atomic mass is 10.0. The van der Waals surface area contributed by atoms with Crippen LogP contribution < -0.4 is 0 Å². The van der Waals surface area contributed by atoms with Crippen LogP contribution in [-0.4, -0.2) is 5.78 Å². The molecule has 2 rings (SSSR count). The summed E-state index contributed by atoms with van der Waals surface area (Å²) in [6.07, 6.45) is -4.35. The molecular formula is C16H11ClF4O. The molecule has 1 nitrogen and oxygen atoms in total. The second-order valence-electron chi connectivity index (χ2n) is 4.84. The molecule has 0 unspecified atom stereocenters. The summed E-state index contributed by atoms with van der Waals surface area (Å²) < 4.78 is 50.3. The molecule has 0 radical (unpaired) electrons. The Labute approximate surface area is 129 Å². The number of Topliss-reactive ketones (excluding diaryl/α,β-unsaturated/α-hetero) is 1. The van der Waals surface area contributed by atoms with Gasteiger partial charge in [-0.25, -0.2) is 4.39 Å². The maximum absolute atomic E-state index is 13.0. The summed E-state index contributed by atoms with van der Waals surface area (Å²) in [5.74, 6) is -0.761. The molecule has 0 bridgehead atoms. The van der Waals surface area contributed by atoms with Gasteiger partial charge in [0.2, 0.25) is 0 Å². The largest absolute Gasteiger partial charge is 0.416 e. The van der Waals surface area contributed by atoms with Gasteiger partial charge in [0, 0.05) is 12.8 Å². The van der Waals surface area contributed by atoms with Crippen molar-refractivity contribution in [3.05, 3.63) is 70.0 Å². The third-order valence-electron chi connectivity index (χ3n) is 3.07. The summed E-state index contributed by atoms with van der Waals surface area (Å²) >= 11 is 5.62. The lowest BCUT2D eigenvalue weighted by Gasteiger charge is -2.07. The van der Waals surface area contributed by atoms with Gasteiger partial charge in [0.25, 0.3) is 0 Å². The number of alkyl halides is 3. The average molecular weight is 331 g/mol. The summed E-state index contributed by atoms with van der Waals surface area (Å²) in [5, 5.41) is -0.0696. The highest BCUT2D eigenvalue weighted by molar-refractivity contribution is 6.30. The van der Waals surface area contributed by atoms with Gasteiger partial charge in [0.1, 0.15) is 11.6 Å². The number of benzene rings is 2. The van der Waals surface area contributed by atoms with Crippen molar-refractivity contribution in [3.63, 3.8) is 0 Å². The summed E-state index contributed by atoms with van der Waals surface area (Å²) in [6.45, 7) is 0. The van der Waals surface area contributed by atoms with Crippen LogP contribution in [0.2, 0.25) is 5.02 Å². The molecule has 0 aliphatic carbocycles. The number of halogens is 5. The number of rotatable bonds is 4. The number of hydrogen-bond donors (Lipinski definition) is 0. The van der Waals surface area contributed by atoms with Crippen molar-refractivity contribution >= 4 is 17.4 Å². The van der Waals surface area contributed by atoms with Crippen LogP contribution >= 0.6 is 11.6 Å². The quantitative estimate of drug-likeness (QED) is 0.732. The molecule has 0 saturated carbocycles. The van der Waals surface area contributed by atoms with E-state index in [4.69, 9.17) is 11.6 Å². The minimum absolute atomic E-state index is 0.00708. The topological polar surface area (TPSA) is 17.1 Å². The molecule has 116 valence electrons. The SMILES string of the molecule is O=C(Cc1ccc(C(F)(F)F)cc1)Cc1ccc(F)c(Cl)c1. The fourth-order valence-electron chi connectivity index (χ4n) is 1.98. The van der Waals surface area contributed by atoms with E-state index < -0.39 is 17.6 Å². The molecular weight excluding hydrogens is 320 g/mol. The zero-order valence-corrected chi connectivity index (χ0v) is 12.0. The minimum Gasteiger partial charge on any atom is -0.299 e. The van der Waals surface area contributed by atoms with Crippen LogP contribution in [0, 0.1) is 5.82 Å². The second kappa shape index (κ2) is 6.48. The van der Waals surface area contributed by atoms with E-state index in [1.807, 2.05) is 0 Å². The zero-order valence-electron chi connectivity index (χ0n) is 11.3. The van der Waals surface area contributed by atoms with Crippen molar-refractivity contribution in [1.29, 1.82) is 0 Å². The van der Waals surface area contributed by atoms with Crippen molar-refractivity contribution in [2.45, 2.75) is 19.0 Å². The van der Waals surface area contributed by atoms with Crippen molar-refractivity contribution in [2.75, 3.05) is 0 Å². The monoisotopic (exact) mass is 330 g/mol. The van der Waals surface area contributed by atoms with E-state index in [0.717, 1.165) is 12.1 Å². The standard InChI is InChI=1S/C16H11ClF4O/c17-14-9-11(3-6-15(14)18)8-13(22)7-10-1-4-12(5-2-10)16(19,20)21/h1-6,9H,7-8H2. The predicted molar refractivity (Wildman–Crippen MR) is 75.3 cm³/mol. The Hall–Kier alpha value is -1.88. The highest BCUT2D eigenvalue weighted by Crippen LogP contribution is 2.29. The zero-order chi connectivity index (χ0) is 16.3. The van der Waals surface area contributed by atoms with E-state index in [1.54, 1.807) is 0 Å². The van der Waals surface area contributed by atoms with E-state index in [0.29, 0.717) is 11.1 Å². The van der Waals surface area contributed by atoms with Gasteiger partial charge in [-0.3, -0.25) is 4.79 Å². The van der Waals surface area contributed by atoms with Crippen LogP contribution in [0.5, 0.6) is 0 Å². The molecule has 0 aliphatic heterocycles. The van der Waals surface area contributed by atoms with Crippen LogP contribution in [0.4, 0.5) is 17.6 Å². The van der Waals surface area contributed by atoms with Gasteiger partial charge in [0.15, 0.2) is 0 Å². The Kier molecular flexibility index (Phi) is 4.86. The first-order chi connectivity index (χ1) is 10.3. The van der Waals surface area contributed by atoms with Crippen molar-refractivity contribution < 1.29 is 22.4 Å². The van der Waals surface area contributed by atoms with Crippen molar-refractivity contribution in [1.82, 2.24) is 0 Å². The fourth-order valence-corrected chi connectivity index (χ4v) is 2.18. The van der Waals surface area contributed by atoms with Gasteiger partial charge >= 0.3 is 6.18 Å². The highest BCUT2D eigenvalue weighted by Gasteiger charge is 2.29. The number of carbonyl (C=O) groups is 1. The second-order valence-corrected chi connectivity index (χ2v) is 5.24. The Morgan fingerprint density at radius 2 is 1.50 bits per heavy atom. The third kappa shape index (κ3) is 4.31. The Morgan fingerprint density at radius 3 is 2.05 bits per heavy atom. The molecule has 0 N–H and O–H groups in total. The average Bonchev–Trinajstić information content (AvgIpc) is 2.42. The molecule has 2 aromatic rings.